The minimum Gasteiger partial charge on any atom is -0.486 e. The van der Waals surface area contributed by atoms with Crippen molar-refractivity contribution in [2.24, 2.45) is 0 Å². The molecule has 3 heterocycles. The molecule has 1 saturated heterocycles. The van der Waals surface area contributed by atoms with E-state index < -0.39 is 0 Å². The molecule has 2 radical (unpaired) electrons. The smallest absolute Gasteiger partial charge is 0.251 e. The third kappa shape index (κ3) is 4.94. The van der Waals surface area contributed by atoms with Gasteiger partial charge in [-0.25, -0.2) is 0 Å². The van der Waals surface area contributed by atoms with E-state index in [0.717, 1.165) is 60.4 Å². The molecule has 0 spiro atoms. The normalized spacial score (nSPS) is 17.0. The molecular formula is C26H30BN3O3. The highest BCUT2D eigenvalue weighted by atomic mass is 16.6. The molecule has 0 atom stereocenters. The van der Waals surface area contributed by atoms with Gasteiger partial charge in [0.25, 0.3) is 5.56 Å². The predicted molar refractivity (Wildman–Crippen MR) is 131 cm³/mol. The maximum absolute atomic E-state index is 12.5. The number of pyridine rings is 1. The van der Waals surface area contributed by atoms with Gasteiger partial charge in [0.1, 0.15) is 13.2 Å². The summed E-state index contributed by atoms with van der Waals surface area (Å²) in [5, 5.41) is 1.11. The molecule has 0 N–H and O–H groups in total. The summed E-state index contributed by atoms with van der Waals surface area (Å²) in [6, 6.07) is 16.3. The summed E-state index contributed by atoms with van der Waals surface area (Å²) >= 11 is 0. The number of fused-ring (bicyclic) bond motifs is 2. The molecule has 0 unspecified atom stereocenters. The topological polar surface area (TPSA) is 46.9 Å². The minimum absolute atomic E-state index is 0.0653. The third-order valence-corrected chi connectivity index (χ3v) is 6.79. The van der Waals surface area contributed by atoms with Crippen molar-refractivity contribution < 1.29 is 9.47 Å². The highest BCUT2D eigenvalue weighted by molar-refractivity contribution is 6.04. The monoisotopic (exact) mass is 443 g/mol. The van der Waals surface area contributed by atoms with E-state index in [1.54, 1.807) is 6.07 Å². The Morgan fingerprint density at radius 2 is 1.73 bits per heavy atom. The van der Waals surface area contributed by atoms with Gasteiger partial charge in [-0.2, -0.15) is 0 Å². The van der Waals surface area contributed by atoms with Crippen LogP contribution in [-0.4, -0.2) is 61.1 Å². The van der Waals surface area contributed by atoms with Crippen LogP contribution >= 0.6 is 0 Å². The zero-order valence-corrected chi connectivity index (χ0v) is 19.2. The standard InChI is InChI=1S/C26H30BN3O3/c1-19-2-4-21-5-7-26(31)29(23(21)16-19)13-12-28-10-8-22(9-11-28)30(27)18-20-3-6-24-25(17-20)33-15-14-32-24/h2-7,16-17,22H,8-15,18H2,1H3. The van der Waals surface area contributed by atoms with Gasteiger partial charge < -0.3 is 23.8 Å². The van der Waals surface area contributed by atoms with Gasteiger partial charge in [-0.3, -0.25) is 4.79 Å². The fraction of sp³-hybridized carbons (Fsp3) is 0.423. The number of hydrogen-bond donors (Lipinski definition) is 0. The maximum atomic E-state index is 12.5. The van der Waals surface area contributed by atoms with Crippen molar-refractivity contribution in [3.05, 3.63) is 70.0 Å². The lowest BCUT2D eigenvalue weighted by molar-refractivity contribution is 0.153. The zero-order chi connectivity index (χ0) is 22.8. The number of hydrogen-bond acceptors (Lipinski definition) is 5. The highest BCUT2D eigenvalue weighted by Crippen LogP contribution is 2.31. The second-order valence-corrected chi connectivity index (χ2v) is 9.11. The lowest BCUT2D eigenvalue weighted by atomic mass is 9.99. The number of aromatic nitrogens is 1. The summed E-state index contributed by atoms with van der Waals surface area (Å²) in [5.41, 5.74) is 3.39. The molecule has 0 saturated carbocycles. The van der Waals surface area contributed by atoms with Gasteiger partial charge in [0.2, 0.25) is 0 Å². The van der Waals surface area contributed by atoms with Crippen molar-refractivity contribution in [1.29, 1.82) is 0 Å². The number of rotatable bonds is 6. The van der Waals surface area contributed by atoms with E-state index in [2.05, 4.69) is 36.1 Å². The molecule has 1 aromatic heterocycles. The lowest BCUT2D eigenvalue weighted by Crippen LogP contribution is -2.44. The van der Waals surface area contributed by atoms with Crippen LogP contribution in [-0.2, 0) is 13.1 Å². The van der Waals surface area contributed by atoms with Crippen molar-refractivity contribution in [3.63, 3.8) is 0 Å². The molecule has 1 fully saturated rings. The Balaban J connectivity index is 1.16. The Morgan fingerprint density at radius 1 is 0.970 bits per heavy atom. The zero-order valence-electron chi connectivity index (χ0n) is 19.2. The fourth-order valence-corrected chi connectivity index (χ4v) is 4.87. The van der Waals surface area contributed by atoms with E-state index in [0.29, 0.717) is 32.3 Å². The van der Waals surface area contributed by atoms with E-state index >= 15 is 0 Å². The van der Waals surface area contributed by atoms with Crippen LogP contribution in [0.1, 0.15) is 24.0 Å². The van der Waals surface area contributed by atoms with E-state index in [1.807, 2.05) is 27.6 Å². The summed E-state index contributed by atoms with van der Waals surface area (Å²) in [4.78, 5) is 16.9. The SMILES string of the molecule is [B]N(Cc1ccc2c(c1)OCCO2)C1CCN(CCn2c(=O)ccc3ccc(C)cc32)CC1. The number of piperidine rings is 1. The van der Waals surface area contributed by atoms with Gasteiger partial charge in [-0.05, 0) is 73.6 Å². The quantitative estimate of drug-likeness (QED) is 0.548. The molecule has 6 nitrogen and oxygen atoms in total. The summed E-state index contributed by atoms with van der Waals surface area (Å²) in [6.45, 7) is 7.48. The molecule has 3 aromatic rings. The molecule has 2 aromatic carbocycles. The first kappa shape index (κ1) is 22.0. The molecule has 5 rings (SSSR count). The number of likely N-dealkylation sites (tertiary alicyclic amines) is 1. The van der Waals surface area contributed by atoms with E-state index in [9.17, 15) is 4.79 Å². The number of nitrogens with zero attached hydrogens (tertiary/aromatic N) is 3. The van der Waals surface area contributed by atoms with E-state index in [4.69, 9.17) is 17.5 Å². The second-order valence-electron chi connectivity index (χ2n) is 9.11. The molecule has 2 aliphatic heterocycles. The largest absolute Gasteiger partial charge is 0.486 e. The third-order valence-electron chi connectivity index (χ3n) is 6.79. The number of ether oxygens (including phenoxy) is 2. The van der Waals surface area contributed by atoms with Gasteiger partial charge in [-0.15, -0.1) is 0 Å². The van der Waals surface area contributed by atoms with Crippen molar-refractivity contribution in [2.75, 3.05) is 32.8 Å². The summed E-state index contributed by atoms with van der Waals surface area (Å²) < 4.78 is 13.2. The molecule has 0 amide bonds. The van der Waals surface area contributed by atoms with Crippen molar-refractivity contribution in [1.82, 2.24) is 14.3 Å². The molecule has 33 heavy (non-hydrogen) atoms. The van der Waals surface area contributed by atoms with Crippen molar-refractivity contribution >= 4 is 18.9 Å². The first-order valence-electron chi connectivity index (χ1n) is 11.8. The van der Waals surface area contributed by atoms with Crippen LogP contribution in [0.4, 0.5) is 0 Å². The number of benzene rings is 2. The maximum Gasteiger partial charge on any atom is 0.251 e. The average Bonchev–Trinajstić information content (AvgIpc) is 2.83. The van der Waals surface area contributed by atoms with Crippen LogP contribution in [0.25, 0.3) is 10.9 Å². The molecule has 2 aliphatic rings. The summed E-state index contributed by atoms with van der Waals surface area (Å²) in [7, 11) is 6.46. The van der Waals surface area contributed by atoms with Crippen LogP contribution in [0, 0.1) is 6.92 Å². The predicted octanol–water partition coefficient (Wildman–Crippen LogP) is 3.13. The van der Waals surface area contributed by atoms with Crippen molar-refractivity contribution in [2.45, 2.75) is 38.9 Å². The summed E-state index contributed by atoms with van der Waals surface area (Å²) in [5.74, 6) is 1.61. The Labute approximate surface area is 196 Å². The van der Waals surface area contributed by atoms with Crippen LogP contribution < -0.4 is 15.0 Å². The van der Waals surface area contributed by atoms with E-state index in [1.165, 1.54) is 5.56 Å². The van der Waals surface area contributed by atoms with Gasteiger partial charge >= 0.3 is 0 Å². The Hall–Kier alpha value is -2.77. The lowest BCUT2D eigenvalue weighted by Gasteiger charge is -2.37. The van der Waals surface area contributed by atoms with Crippen molar-refractivity contribution in [3.8, 4) is 11.5 Å². The molecule has 7 heteroatoms. The van der Waals surface area contributed by atoms with Gasteiger partial charge in [0.05, 0.1) is 5.52 Å². The number of aryl methyl sites for hydroxylation is 1. The minimum atomic E-state index is 0.0653. The Bertz CT molecular complexity index is 1190. The average molecular weight is 443 g/mol. The molecule has 170 valence electrons. The van der Waals surface area contributed by atoms with Crippen LogP contribution in [0.5, 0.6) is 11.5 Å². The highest BCUT2D eigenvalue weighted by Gasteiger charge is 2.23. The Kier molecular flexibility index (Phi) is 6.42. The van der Waals surface area contributed by atoms with Crippen LogP contribution in [0.15, 0.2) is 53.3 Å². The first-order chi connectivity index (χ1) is 16.1. The second kappa shape index (κ2) is 9.61. The van der Waals surface area contributed by atoms with Gasteiger partial charge in [0, 0.05) is 31.7 Å². The fourth-order valence-electron chi connectivity index (χ4n) is 4.87. The Morgan fingerprint density at radius 3 is 2.55 bits per heavy atom. The molecule has 0 aliphatic carbocycles. The van der Waals surface area contributed by atoms with Gasteiger partial charge in [0.15, 0.2) is 19.5 Å². The van der Waals surface area contributed by atoms with E-state index in [-0.39, 0.29) is 5.56 Å². The summed E-state index contributed by atoms with van der Waals surface area (Å²) in [6.07, 6.45) is 2.04. The van der Waals surface area contributed by atoms with Gasteiger partial charge in [-0.1, -0.05) is 18.2 Å². The van der Waals surface area contributed by atoms with Crippen LogP contribution in [0.3, 0.4) is 0 Å². The van der Waals surface area contributed by atoms with Crippen LogP contribution in [0.2, 0.25) is 0 Å². The molecule has 0 bridgehead atoms. The first-order valence-corrected chi connectivity index (χ1v) is 11.8. The molecular weight excluding hydrogens is 413 g/mol.